The van der Waals surface area contributed by atoms with Crippen molar-refractivity contribution in [1.29, 1.82) is 0 Å². The lowest BCUT2D eigenvalue weighted by Gasteiger charge is -2.22. The Kier molecular flexibility index (Phi) is 4.29. The summed E-state index contributed by atoms with van der Waals surface area (Å²) in [6, 6.07) is 4.08. The van der Waals surface area contributed by atoms with Crippen molar-refractivity contribution in [2.75, 3.05) is 6.54 Å². The van der Waals surface area contributed by atoms with Gasteiger partial charge in [0.25, 0.3) is 5.56 Å². The van der Waals surface area contributed by atoms with Gasteiger partial charge in [-0.1, -0.05) is 6.42 Å². The Morgan fingerprint density at radius 2 is 2.27 bits per heavy atom. The molecule has 3 rings (SSSR count). The molecule has 1 aliphatic heterocycles. The van der Waals surface area contributed by atoms with Gasteiger partial charge in [0.2, 0.25) is 0 Å². The number of benzene rings is 1. The van der Waals surface area contributed by atoms with Crippen LogP contribution >= 0.6 is 0 Å². The molecule has 0 unspecified atom stereocenters. The summed E-state index contributed by atoms with van der Waals surface area (Å²) in [5.74, 6) is -0.499. The van der Waals surface area contributed by atoms with E-state index in [1.807, 2.05) is 0 Å². The number of halogens is 1. The average Bonchev–Trinajstić information content (AvgIpc) is 2.51. The number of aromatic nitrogens is 2. The van der Waals surface area contributed by atoms with E-state index in [0.717, 1.165) is 31.9 Å². The quantitative estimate of drug-likeness (QED) is 0.932. The number of ketones is 1. The number of Topliss-reactive ketones (excluding diaryl/α,β-unsaturated/α-hetero) is 1. The van der Waals surface area contributed by atoms with Gasteiger partial charge >= 0.3 is 0 Å². The first-order chi connectivity index (χ1) is 10.6. The molecule has 116 valence electrons. The molecule has 0 radical (unpaired) electrons. The highest BCUT2D eigenvalue weighted by Gasteiger charge is 2.17. The van der Waals surface area contributed by atoms with Crippen LogP contribution < -0.4 is 10.9 Å². The molecule has 1 fully saturated rings. The Labute approximate surface area is 127 Å². The smallest absolute Gasteiger partial charge is 0.261 e. The van der Waals surface area contributed by atoms with E-state index in [-0.39, 0.29) is 29.3 Å². The number of piperidine rings is 1. The Balaban J connectivity index is 1.77. The van der Waals surface area contributed by atoms with E-state index in [2.05, 4.69) is 10.3 Å². The number of rotatable bonds is 4. The molecule has 6 heteroatoms. The Morgan fingerprint density at radius 1 is 1.41 bits per heavy atom. The molecule has 1 aromatic heterocycles. The largest absolute Gasteiger partial charge is 0.314 e. The van der Waals surface area contributed by atoms with E-state index in [1.165, 1.54) is 23.0 Å². The molecular weight excluding hydrogens is 285 g/mol. The van der Waals surface area contributed by atoms with Gasteiger partial charge in [-0.3, -0.25) is 14.2 Å². The molecule has 2 aromatic rings. The highest BCUT2D eigenvalue weighted by molar-refractivity contribution is 5.80. The number of hydrogen-bond donors (Lipinski definition) is 1. The molecule has 0 aliphatic carbocycles. The van der Waals surface area contributed by atoms with Crippen molar-refractivity contribution in [1.82, 2.24) is 14.9 Å². The van der Waals surface area contributed by atoms with Gasteiger partial charge in [0, 0.05) is 12.5 Å². The summed E-state index contributed by atoms with van der Waals surface area (Å²) in [5, 5.41) is 3.51. The predicted octanol–water partition coefficient (Wildman–Crippen LogP) is 1.64. The lowest BCUT2D eigenvalue weighted by Crippen LogP contribution is -2.37. The molecule has 1 atom stereocenters. The van der Waals surface area contributed by atoms with Gasteiger partial charge in [0.15, 0.2) is 5.78 Å². The van der Waals surface area contributed by atoms with Crippen LogP contribution in [0.5, 0.6) is 0 Å². The molecule has 1 aliphatic rings. The third-order valence-corrected chi connectivity index (χ3v) is 4.02. The normalized spacial score (nSPS) is 18.5. The van der Waals surface area contributed by atoms with Gasteiger partial charge in [-0.05, 0) is 37.6 Å². The molecule has 0 amide bonds. The van der Waals surface area contributed by atoms with E-state index in [0.29, 0.717) is 11.9 Å². The maximum Gasteiger partial charge on any atom is 0.261 e. The summed E-state index contributed by atoms with van der Waals surface area (Å²) in [4.78, 5) is 28.5. The fourth-order valence-electron chi connectivity index (χ4n) is 2.87. The summed E-state index contributed by atoms with van der Waals surface area (Å²) in [7, 11) is 0. The van der Waals surface area contributed by atoms with E-state index in [9.17, 15) is 14.0 Å². The first kappa shape index (κ1) is 14.8. The van der Waals surface area contributed by atoms with Crippen LogP contribution in [0.15, 0.2) is 29.3 Å². The zero-order chi connectivity index (χ0) is 15.5. The third-order valence-electron chi connectivity index (χ3n) is 4.02. The van der Waals surface area contributed by atoms with Gasteiger partial charge < -0.3 is 5.32 Å². The molecule has 0 saturated carbocycles. The van der Waals surface area contributed by atoms with Gasteiger partial charge in [0.1, 0.15) is 5.82 Å². The predicted molar refractivity (Wildman–Crippen MR) is 81.2 cm³/mol. The van der Waals surface area contributed by atoms with Crippen molar-refractivity contribution in [2.45, 2.75) is 38.3 Å². The van der Waals surface area contributed by atoms with E-state index >= 15 is 0 Å². The SMILES string of the molecule is O=C(C[C@@H]1CCCCN1)Cn1cnc2ccc(F)cc2c1=O. The van der Waals surface area contributed by atoms with Crippen molar-refractivity contribution in [2.24, 2.45) is 0 Å². The number of fused-ring (bicyclic) bond motifs is 1. The lowest BCUT2D eigenvalue weighted by molar-refractivity contribution is -0.120. The number of carbonyl (C=O) groups excluding carboxylic acids is 1. The second-order valence-corrected chi connectivity index (χ2v) is 5.73. The molecule has 2 heterocycles. The molecule has 0 bridgehead atoms. The zero-order valence-corrected chi connectivity index (χ0v) is 12.2. The lowest BCUT2D eigenvalue weighted by atomic mass is 10.00. The van der Waals surface area contributed by atoms with Crippen LogP contribution in [-0.2, 0) is 11.3 Å². The molecule has 1 N–H and O–H groups in total. The van der Waals surface area contributed by atoms with E-state index < -0.39 is 5.82 Å². The van der Waals surface area contributed by atoms with Crippen molar-refractivity contribution >= 4 is 16.7 Å². The van der Waals surface area contributed by atoms with Gasteiger partial charge in [-0.15, -0.1) is 0 Å². The molecule has 1 saturated heterocycles. The van der Waals surface area contributed by atoms with Crippen LogP contribution in [0.2, 0.25) is 0 Å². The number of hydrogen-bond acceptors (Lipinski definition) is 4. The highest BCUT2D eigenvalue weighted by atomic mass is 19.1. The monoisotopic (exact) mass is 303 g/mol. The Hall–Kier alpha value is -2.08. The Bertz CT molecular complexity index is 751. The van der Waals surface area contributed by atoms with Gasteiger partial charge in [-0.2, -0.15) is 0 Å². The number of carbonyl (C=O) groups is 1. The second kappa shape index (κ2) is 6.36. The topological polar surface area (TPSA) is 64.0 Å². The summed E-state index contributed by atoms with van der Waals surface area (Å²) < 4.78 is 14.5. The molecule has 5 nitrogen and oxygen atoms in total. The number of nitrogens with one attached hydrogen (secondary N) is 1. The number of nitrogens with zero attached hydrogens (tertiary/aromatic N) is 2. The van der Waals surface area contributed by atoms with Crippen molar-refractivity contribution in [3.05, 3.63) is 40.7 Å². The summed E-state index contributed by atoms with van der Waals surface area (Å²) in [6.45, 7) is 0.922. The molecule has 22 heavy (non-hydrogen) atoms. The maximum absolute atomic E-state index is 13.3. The van der Waals surface area contributed by atoms with Crippen LogP contribution in [0.25, 0.3) is 10.9 Å². The summed E-state index contributed by atoms with van der Waals surface area (Å²) in [5.41, 5.74) is 0.0542. The minimum absolute atomic E-state index is 0.0148. The van der Waals surface area contributed by atoms with Crippen LogP contribution in [0.3, 0.4) is 0 Å². The first-order valence-corrected chi connectivity index (χ1v) is 7.53. The molecule has 1 aromatic carbocycles. The third kappa shape index (κ3) is 3.22. The minimum atomic E-state index is -0.484. The molecule has 0 spiro atoms. The van der Waals surface area contributed by atoms with Gasteiger partial charge in [0.05, 0.1) is 23.8 Å². The van der Waals surface area contributed by atoms with Crippen molar-refractivity contribution in [3.8, 4) is 0 Å². The fraction of sp³-hybridized carbons (Fsp3) is 0.438. The fourth-order valence-corrected chi connectivity index (χ4v) is 2.87. The standard InChI is InChI=1S/C16H18FN3O2/c17-11-4-5-15-14(7-11)16(22)20(10-19-15)9-13(21)8-12-3-1-2-6-18-12/h4-5,7,10,12,18H,1-3,6,8-9H2/t12-/m0/s1. The van der Waals surface area contributed by atoms with Crippen molar-refractivity contribution < 1.29 is 9.18 Å². The van der Waals surface area contributed by atoms with E-state index in [1.54, 1.807) is 0 Å². The average molecular weight is 303 g/mol. The van der Waals surface area contributed by atoms with Crippen LogP contribution in [-0.4, -0.2) is 27.9 Å². The summed E-state index contributed by atoms with van der Waals surface area (Å²) >= 11 is 0. The summed E-state index contributed by atoms with van der Waals surface area (Å²) in [6.07, 6.45) is 5.02. The Morgan fingerprint density at radius 3 is 3.05 bits per heavy atom. The van der Waals surface area contributed by atoms with Crippen LogP contribution in [0.4, 0.5) is 4.39 Å². The molecular formula is C16H18FN3O2. The zero-order valence-electron chi connectivity index (χ0n) is 12.2. The van der Waals surface area contributed by atoms with Crippen molar-refractivity contribution in [3.63, 3.8) is 0 Å². The minimum Gasteiger partial charge on any atom is -0.314 e. The second-order valence-electron chi connectivity index (χ2n) is 5.73. The highest BCUT2D eigenvalue weighted by Crippen LogP contribution is 2.11. The maximum atomic E-state index is 13.3. The van der Waals surface area contributed by atoms with Crippen LogP contribution in [0, 0.1) is 5.82 Å². The first-order valence-electron chi connectivity index (χ1n) is 7.53. The van der Waals surface area contributed by atoms with Gasteiger partial charge in [-0.25, -0.2) is 9.37 Å². The van der Waals surface area contributed by atoms with E-state index in [4.69, 9.17) is 0 Å². The van der Waals surface area contributed by atoms with Crippen LogP contribution in [0.1, 0.15) is 25.7 Å².